The number of allylic oxidation sites excluding steroid dienone is 1. The number of aromatic nitrogens is 1. The summed E-state index contributed by atoms with van der Waals surface area (Å²) in [5.74, 6) is 0. The Labute approximate surface area is 57.2 Å². The van der Waals surface area contributed by atoms with Crippen LogP contribution in [0.3, 0.4) is 0 Å². The summed E-state index contributed by atoms with van der Waals surface area (Å²) in [7, 11) is 0. The van der Waals surface area contributed by atoms with E-state index in [0.717, 1.165) is 0 Å². The monoisotopic (exact) mass is 141 g/mol. The maximum absolute atomic E-state index is 10.7. The first kappa shape index (κ1) is 6.29. The predicted molar refractivity (Wildman–Crippen MR) is 38.8 cm³/mol. The first-order chi connectivity index (χ1) is 4.34. The van der Waals surface area contributed by atoms with Gasteiger partial charge in [0.05, 0.1) is 6.54 Å². The van der Waals surface area contributed by atoms with Gasteiger partial charge in [0.1, 0.15) is 0 Å². The zero-order valence-electron chi connectivity index (χ0n) is 4.91. The molecule has 0 spiro atoms. The van der Waals surface area contributed by atoms with Crippen LogP contribution >= 0.6 is 11.5 Å². The summed E-state index contributed by atoms with van der Waals surface area (Å²) < 4.78 is 1.63. The number of hydrogen-bond acceptors (Lipinski definition) is 2. The molecular formula is C6H7NOS. The Kier molecular flexibility index (Phi) is 1.85. The molecule has 0 unspecified atom stereocenters. The molecule has 3 heteroatoms. The zero-order valence-corrected chi connectivity index (χ0v) is 5.73. The molecule has 48 valence electrons. The van der Waals surface area contributed by atoms with Crippen molar-refractivity contribution in [3.63, 3.8) is 0 Å². The lowest BCUT2D eigenvalue weighted by atomic mass is 10.6. The number of nitrogens with zero attached hydrogens (tertiary/aromatic N) is 1. The van der Waals surface area contributed by atoms with Crippen LogP contribution in [0.4, 0.5) is 0 Å². The number of hydrogen-bond donors (Lipinski definition) is 0. The Bertz CT molecular complexity index is 248. The van der Waals surface area contributed by atoms with Crippen LogP contribution < -0.4 is 5.56 Å². The van der Waals surface area contributed by atoms with E-state index in [2.05, 4.69) is 6.58 Å². The maximum atomic E-state index is 10.7. The third-order valence-electron chi connectivity index (χ3n) is 0.939. The van der Waals surface area contributed by atoms with Crippen molar-refractivity contribution in [2.45, 2.75) is 6.54 Å². The third kappa shape index (κ3) is 1.29. The molecule has 0 atom stereocenters. The van der Waals surface area contributed by atoms with Crippen LogP contribution in [-0.2, 0) is 6.54 Å². The van der Waals surface area contributed by atoms with Gasteiger partial charge in [-0.3, -0.25) is 8.75 Å². The fourth-order valence-electron chi connectivity index (χ4n) is 0.547. The Morgan fingerprint density at radius 2 is 2.67 bits per heavy atom. The van der Waals surface area contributed by atoms with Gasteiger partial charge in [0.25, 0.3) is 5.56 Å². The van der Waals surface area contributed by atoms with Crippen LogP contribution in [0.5, 0.6) is 0 Å². The molecule has 0 N–H and O–H groups in total. The first-order valence-corrected chi connectivity index (χ1v) is 3.44. The average Bonchev–Trinajstić information content (AvgIpc) is 2.18. The maximum Gasteiger partial charge on any atom is 0.260 e. The molecule has 1 rings (SSSR count). The summed E-state index contributed by atoms with van der Waals surface area (Å²) in [6.07, 6.45) is 1.71. The molecule has 2 nitrogen and oxygen atoms in total. The van der Waals surface area contributed by atoms with Crippen molar-refractivity contribution >= 4 is 11.5 Å². The molecule has 0 fully saturated rings. The lowest BCUT2D eigenvalue weighted by Gasteiger charge is -1.88. The minimum Gasteiger partial charge on any atom is -0.268 e. The molecule has 0 radical (unpaired) electrons. The largest absolute Gasteiger partial charge is 0.268 e. The van der Waals surface area contributed by atoms with E-state index >= 15 is 0 Å². The van der Waals surface area contributed by atoms with Gasteiger partial charge in [0.15, 0.2) is 0 Å². The van der Waals surface area contributed by atoms with Gasteiger partial charge >= 0.3 is 0 Å². The summed E-state index contributed by atoms with van der Waals surface area (Å²) in [5.41, 5.74) is 0.0555. The predicted octanol–water partition coefficient (Wildman–Crippen LogP) is 1.10. The van der Waals surface area contributed by atoms with Crippen molar-refractivity contribution in [1.82, 2.24) is 3.96 Å². The highest BCUT2D eigenvalue weighted by Gasteiger charge is 1.89. The van der Waals surface area contributed by atoms with Crippen LogP contribution in [0.25, 0.3) is 0 Å². The second kappa shape index (κ2) is 2.64. The SMILES string of the molecule is C=CCn1sccc1=O. The van der Waals surface area contributed by atoms with Crippen LogP contribution in [0.1, 0.15) is 0 Å². The summed E-state index contributed by atoms with van der Waals surface area (Å²) in [4.78, 5) is 10.7. The third-order valence-corrected chi connectivity index (χ3v) is 1.78. The summed E-state index contributed by atoms with van der Waals surface area (Å²) in [6, 6.07) is 1.55. The van der Waals surface area contributed by atoms with E-state index in [0.29, 0.717) is 6.54 Å². The molecule has 1 aromatic heterocycles. The van der Waals surface area contributed by atoms with E-state index in [9.17, 15) is 4.79 Å². The molecule has 9 heavy (non-hydrogen) atoms. The van der Waals surface area contributed by atoms with Crippen LogP contribution in [0.2, 0.25) is 0 Å². The molecule has 0 saturated carbocycles. The van der Waals surface area contributed by atoms with Gasteiger partial charge in [0, 0.05) is 11.4 Å². The van der Waals surface area contributed by atoms with Crippen LogP contribution in [0, 0.1) is 0 Å². The van der Waals surface area contributed by atoms with Gasteiger partial charge in [-0.15, -0.1) is 6.58 Å². The van der Waals surface area contributed by atoms with Gasteiger partial charge in [-0.1, -0.05) is 17.6 Å². The average molecular weight is 141 g/mol. The van der Waals surface area contributed by atoms with Gasteiger partial charge in [-0.2, -0.15) is 0 Å². The second-order valence-electron chi connectivity index (χ2n) is 1.60. The van der Waals surface area contributed by atoms with Gasteiger partial charge in [-0.25, -0.2) is 0 Å². The van der Waals surface area contributed by atoms with Crippen molar-refractivity contribution in [2.24, 2.45) is 0 Å². The molecule has 0 aliphatic heterocycles. The normalized spacial score (nSPS) is 9.33. The standard InChI is InChI=1S/C6H7NOS/c1-2-4-7-6(8)3-5-9-7/h2-3,5H,1,4H2. The molecule has 0 aliphatic rings. The fraction of sp³-hybridized carbons (Fsp3) is 0.167. The molecule has 0 aliphatic carbocycles. The number of rotatable bonds is 2. The Morgan fingerprint density at radius 3 is 3.11 bits per heavy atom. The lowest BCUT2D eigenvalue weighted by molar-refractivity contribution is 0.878. The molecule has 1 heterocycles. The molecule has 0 aromatic carbocycles. The van der Waals surface area contributed by atoms with Crippen LogP contribution in [-0.4, -0.2) is 3.96 Å². The van der Waals surface area contributed by atoms with Crippen molar-refractivity contribution in [1.29, 1.82) is 0 Å². The van der Waals surface area contributed by atoms with Gasteiger partial charge in [0.2, 0.25) is 0 Å². The minimum absolute atomic E-state index is 0.0555. The molecule has 0 saturated heterocycles. The second-order valence-corrected chi connectivity index (χ2v) is 2.52. The van der Waals surface area contributed by atoms with E-state index in [-0.39, 0.29) is 5.56 Å². The first-order valence-electron chi connectivity index (χ1n) is 2.60. The van der Waals surface area contributed by atoms with E-state index in [4.69, 9.17) is 0 Å². The van der Waals surface area contributed by atoms with Gasteiger partial charge in [-0.05, 0) is 0 Å². The van der Waals surface area contributed by atoms with E-state index in [1.165, 1.54) is 11.5 Å². The quantitative estimate of drug-likeness (QED) is 0.565. The molecule has 1 aromatic rings. The minimum atomic E-state index is 0.0555. The lowest BCUT2D eigenvalue weighted by Crippen LogP contribution is -2.09. The summed E-state index contributed by atoms with van der Waals surface area (Å²) >= 11 is 1.41. The highest BCUT2D eigenvalue weighted by molar-refractivity contribution is 7.04. The van der Waals surface area contributed by atoms with Crippen molar-refractivity contribution < 1.29 is 0 Å². The molecule has 0 bridgehead atoms. The van der Waals surface area contributed by atoms with E-state index < -0.39 is 0 Å². The molecule has 0 amide bonds. The van der Waals surface area contributed by atoms with Gasteiger partial charge < -0.3 is 0 Å². The highest BCUT2D eigenvalue weighted by atomic mass is 32.1. The van der Waals surface area contributed by atoms with Crippen molar-refractivity contribution in [2.75, 3.05) is 0 Å². The van der Waals surface area contributed by atoms with E-state index in [1.54, 1.807) is 21.5 Å². The molecular weight excluding hydrogens is 134 g/mol. The fourth-order valence-corrected chi connectivity index (χ4v) is 1.23. The van der Waals surface area contributed by atoms with Crippen molar-refractivity contribution in [3.8, 4) is 0 Å². The zero-order chi connectivity index (χ0) is 6.69. The Morgan fingerprint density at radius 1 is 1.89 bits per heavy atom. The van der Waals surface area contributed by atoms with E-state index in [1.807, 2.05) is 0 Å². The summed E-state index contributed by atoms with van der Waals surface area (Å²) in [6.45, 7) is 4.15. The van der Waals surface area contributed by atoms with Crippen LogP contribution in [0.15, 0.2) is 28.9 Å². The highest BCUT2D eigenvalue weighted by Crippen LogP contribution is 1.91. The Balaban J connectivity index is 2.93. The smallest absolute Gasteiger partial charge is 0.260 e. The topological polar surface area (TPSA) is 22.0 Å². The summed E-state index contributed by atoms with van der Waals surface area (Å²) in [5, 5.41) is 1.77. The Hall–Kier alpha value is -0.830. The van der Waals surface area contributed by atoms with Crippen molar-refractivity contribution in [3.05, 3.63) is 34.5 Å².